The first-order valence-electron chi connectivity index (χ1n) is 29.9. The number of hydrogen-bond acceptors (Lipinski definition) is 10. The molecule has 418 valence electrons. The number of carbonyl (C=O) groups is 1. The lowest BCUT2D eigenvalue weighted by molar-refractivity contribution is -0.298. The van der Waals surface area contributed by atoms with Crippen LogP contribution >= 0.6 is 0 Å². The van der Waals surface area contributed by atoms with E-state index in [0.717, 1.165) is 51.4 Å². The van der Waals surface area contributed by atoms with Gasteiger partial charge in [0.1, 0.15) is 24.4 Å². The summed E-state index contributed by atoms with van der Waals surface area (Å²) in [7, 11) is -5.08. The maximum absolute atomic E-state index is 13.2. The number of amides is 1. The Bertz CT molecular complexity index is 1240. The van der Waals surface area contributed by atoms with Crippen molar-refractivity contribution in [1.29, 1.82) is 0 Å². The number of aliphatic hydroxyl groups is 4. The molecule has 0 aromatic rings. The summed E-state index contributed by atoms with van der Waals surface area (Å²) in [4.78, 5) is 13.2. The van der Waals surface area contributed by atoms with Crippen LogP contribution in [0.1, 0.15) is 303 Å². The van der Waals surface area contributed by atoms with E-state index in [9.17, 15) is 38.2 Å². The highest BCUT2D eigenvalue weighted by atomic mass is 32.3. The molecule has 0 radical (unpaired) electrons. The van der Waals surface area contributed by atoms with Crippen molar-refractivity contribution in [3.8, 4) is 0 Å². The third kappa shape index (κ3) is 39.5. The lowest BCUT2D eigenvalue weighted by Crippen LogP contribution is -2.61. The van der Waals surface area contributed by atoms with E-state index in [2.05, 4.69) is 23.3 Å². The molecule has 1 amide bonds. The van der Waals surface area contributed by atoms with Gasteiger partial charge in [-0.15, -0.1) is 0 Å². The van der Waals surface area contributed by atoms with Crippen molar-refractivity contribution in [2.24, 2.45) is 0 Å². The highest BCUT2D eigenvalue weighted by Gasteiger charge is 2.48. The maximum atomic E-state index is 13.2. The summed E-state index contributed by atoms with van der Waals surface area (Å²) in [6.45, 7) is 3.50. The van der Waals surface area contributed by atoms with E-state index in [4.69, 9.17) is 9.47 Å². The summed E-state index contributed by atoms with van der Waals surface area (Å²) in [5.74, 6) is -0.222. The third-order valence-electron chi connectivity index (χ3n) is 14.7. The van der Waals surface area contributed by atoms with Gasteiger partial charge in [-0.2, -0.15) is 8.42 Å². The van der Waals surface area contributed by atoms with Crippen LogP contribution < -0.4 is 5.32 Å². The predicted octanol–water partition coefficient (Wildman–Crippen LogP) is 14.1. The van der Waals surface area contributed by atoms with E-state index >= 15 is 0 Å². The third-order valence-corrected chi connectivity index (χ3v) is 15.1. The molecule has 70 heavy (non-hydrogen) atoms. The average molecular weight is 1020 g/mol. The van der Waals surface area contributed by atoms with Crippen LogP contribution in [0.3, 0.4) is 0 Å². The number of nitrogens with one attached hydrogen (secondary N) is 1. The number of hydrogen-bond donors (Lipinski definition) is 6. The van der Waals surface area contributed by atoms with Crippen molar-refractivity contribution < 1.29 is 51.8 Å². The SMILES string of the molecule is CCCCCCCCCCCCCCCCCCCCCCCCCCCCCC(=O)NC(COC1OC(CO)C(O)C(OS(=O)(=O)O)C1O)C(O)CCCCCCCCCCCCCCCCCC. The largest absolute Gasteiger partial charge is 0.397 e. The molecule has 1 saturated heterocycles. The minimum atomic E-state index is -5.08. The average Bonchev–Trinajstić information content (AvgIpc) is 3.33. The second-order valence-corrected chi connectivity index (χ2v) is 22.4. The fourth-order valence-corrected chi connectivity index (χ4v) is 10.6. The normalized spacial score (nSPS) is 19.4. The zero-order valence-electron chi connectivity index (χ0n) is 45.4. The lowest BCUT2D eigenvalue weighted by Gasteiger charge is -2.41. The Labute approximate surface area is 430 Å². The van der Waals surface area contributed by atoms with Crippen LogP contribution in [0, 0.1) is 0 Å². The van der Waals surface area contributed by atoms with Crippen LogP contribution in [0.5, 0.6) is 0 Å². The van der Waals surface area contributed by atoms with Gasteiger partial charge in [0.05, 0.1) is 25.4 Å². The molecular formula is C57H113NO11S. The summed E-state index contributed by atoms with van der Waals surface area (Å²) < 4.78 is 47.9. The summed E-state index contributed by atoms with van der Waals surface area (Å²) in [5.41, 5.74) is 0. The minimum Gasteiger partial charge on any atom is -0.394 e. The Balaban J connectivity index is 2.28. The quantitative estimate of drug-likeness (QED) is 0.0251. The molecule has 7 unspecified atom stereocenters. The van der Waals surface area contributed by atoms with Crippen molar-refractivity contribution in [3.63, 3.8) is 0 Å². The van der Waals surface area contributed by atoms with Crippen LogP contribution in [0.4, 0.5) is 0 Å². The van der Waals surface area contributed by atoms with Crippen molar-refractivity contribution in [1.82, 2.24) is 5.32 Å². The number of unbranched alkanes of at least 4 members (excludes halogenated alkanes) is 41. The van der Waals surface area contributed by atoms with Gasteiger partial charge in [-0.1, -0.05) is 284 Å². The summed E-state index contributed by atoms with van der Waals surface area (Å²) in [6, 6.07) is -0.853. The maximum Gasteiger partial charge on any atom is 0.397 e. The minimum absolute atomic E-state index is 0.222. The number of ether oxygens (including phenoxy) is 2. The van der Waals surface area contributed by atoms with Crippen LogP contribution in [0.2, 0.25) is 0 Å². The highest BCUT2D eigenvalue weighted by Crippen LogP contribution is 2.26. The van der Waals surface area contributed by atoms with Crippen molar-refractivity contribution in [3.05, 3.63) is 0 Å². The van der Waals surface area contributed by atoms with E-state index in [0.29, 0.717) is 12.8 Å². The fourth-order valence-electron chi connectivity index (χ4n) is 10.1. The molecule has 6 N–H and O–H groups in total. The van der Waals surface area contributed by atoms with Gasteiger partial charge in [-0.05, 0) is 12.8 Å². The van der Waals surface area contributed by atoms with Crippen LogP contribution in [0.15, 0.2) is 0 Å². The van der Waals surface area contributed by atoms with Crippen molar-refractivity contribution in [2.75, 3.05) is 13.2 Å². The zero-order chi connectivity index (χ0) is 51.2. The van der Waals surface area contributed by atoms with Crippen molar-refractivity contribution in [2.45, 2.75) is 346 Å². The van der Waals surface area contributed by atoms with Crippen LogP contribution in [-0.2, 0) is 28.9 Å². The van der Waals surface area contributed by atoms with Gasteiger partial charge in [0.15, 0.2) is 6.29 Å². The Morgan fingerprint density at radius 2 is 0.829 bits per heavy atom. The van der Waals surface area contributed by atoms with Gasteiger partial charge in [-0.25, -0.2) is 4.18 Å². The van der Waals surface area contributed by atoms with E-state index in [1.54, 1.807) is 0 Å². The molecule has 1 fully saturated rings. The molecule has 1 aliphatic heterocycles. The number of aliphatic hydroxyl groups excluding tert-OH is 4. The van der Waals surface area contributed by atoms with Gasteiger partial charge in [0.2, 0.25) is 5.91 Å². The molecule has 1 aliphatic rings. The Morgan fingerprint density at radius 1 is 0.514 bits per heavy atom. The second-order valence-electron chi connectivity index (χ2n) is 21.3. The molecule has 0 bridgehead atoms. The summed E-state index contributed by atoms with van der Waals surface area (Å²) in [6.07, 6.45) is 46.9. The number of rotatable bonds is 53. The smallest absolute Gasteiger partial charge is 0.394 e. The molecule has 0 aromatic carbocycles. The Kier molecular flexibility index (Phi) is 45.8. The first kappa shape index (κ1) is 67.1. The molecule has 13 heteroatoms. The highest BCUT2D eigenvalue weighted by molar-refractivity contribution is 7.80. The summed E-state index contributed by atoms with van der Waals surface area (Å²) >= 11 is 0. The lowest BCUT2D eigenvalue weighted by atomic mass is 9.99. The van der Waals surface area contributed by atoms with E-state index in [-0.39, 0.29) is 12.5 Å². The van der Waals surface area contributed by atoms with Gasteiger partial charge >= 0.3 is 10.4 Å². The molecule has 0 aromatic heterocycles. The zero-order valence-corrected chi connectivity index (χ0v) is 46.2. The molecule has 7 atom stereocenters. The van der Waals surface area contributed by atoms with Gasteiger partial charge in [0.25, 0.3) is 0 Å². The molecule has 0 saturated carbocycles. The molecule has 0 aliphatic carbocycles. The molecule has 1 heterocycles. The van der Waals surface area contributed by atoms with E-state index < -0.39 is 59.9 Å². The first-order valence-corrected chi connectivity index (χ1v) is 31.3. The number of carbonyl (C=O) groups excluding carboxylic acids is 1. The van der Waals surface area contributed by atoms with Gasteiger partial charge < -0.3 is 35.2 Å². The van der Waals surface area contributed by atoms with Crippen molar-refractivity contribution >= 4 is 16.3 Å². The van der Waals surface area contributed by atoms with E-state index in [1.807, 2.05) is 0 Å². The summed E-state index contributed by atoms with van der Waals surface area (Å²) in [5, 5.41) is 45.1. The van der Waals surface area contributed by atoms with E-state index in [1.165, 1.54) is 225 Å². The Morgan fingerprint density at radius 3 is 1.14 bits per heavy atom. The first-order chi connectivity index (χ1) is 34.0. The standard InChI is InChI=1S/C57H113NO11S/c1-3-5-7-9-11-13-15-17-19-21-22-23-24-25-26-27-28-29-30-31-33-35-37-39-41-43-45-47-53(61)58-50(49-67-57-55(63)56(69-70(64,65)66)54(62)52(48-59)68-57)51(60)46-44-42-40-38-36-34-32-20-18-16-14-12-10-8-6-4-2/h50-52,54-57,59-60,62-63H,3-49H2,1-2H3,(H,58,61)(H,64,65,66). The van der Waals surface area contributed by atoms with Crippen LogP contribution in [0.25, 0.3) is 0 Å². The Hall–Kier alpha value is -0.900. The van der Waals surface area contributed by atoms with Gasteiger partial charge in [-0.3, -0.25) is 9.35 Å². The van der Waals surface area contributed by atoms with Crippen LogP contribution in [-0.4, -0.2) is 95.4 Å². The predicted molar refractivity (Wildman–Crippen MR) is 287 cm³/mol. The molecule has 0 spiro atoms. The second kappa shape index (κ2) is 47.8. The molecular weight excluding hydrogens is 907 g/mol. The monoisotopic (exact) mass is 1020 g/mol. The topological polar surface area (TPSA) is 192 Å². The molecule has 12 nitrogen and oxygen atoms in total. The van der Waals surface area contributed by atoms with Gasteiger partial charge in [0, 0.05) is 6.42 Å². The molecule has 1 rings (SSSR count). The fraction of sp³-hybridized carbons (Fsp3) is 0.982.